The Labute approximate surface area is 144 Å². The number of amides is 1. The summed E-state index contributed by atoms with van der Waals surface area (Å²) in [6.45, 7) is 4.13. The lowest BCUT2D eigenvalue weighted by Gasteiger charge is -2.10. The van der Waals surface area contributed by atoms with E-state index in [0.717, 1.165) is 5.56 Å². The molecule has 128 valence electrons. The van der Waals surface area contributed by atoms with Gasteiger partial charge < -0.3 is 14.5 Å². The summed E-state index contributed by atoms with van der Waals surface area (Å²) in [7, 11) is 0. The number of nitrogens with one attached hydrogen (secondary N) is 1. The van der Waals surface area contributed by atoms with E-state index in [1.165, 1.54) is 6.07 Å². The molecule has 1 aromatic carbocycles. The number of pyridine rings is 1. The van der Waals surface area contributed by atoms with Crippen molar-refractivity contribution in [2.75, 3.05) is 0 Å². The zero-order chi connectivity index (χ0) is 17.8. The molecule has 2 aromatic heterocycles. The summed E-state index contributed by atoms with van der Waals surface area (Å²) in [6.07, 6.45) is 3.30. The van der Waals surface area contributed by atoms with Crippen LogP contribution in [-0.2, 0) is 6.54 Å². The summed E-state index contributed by atoms with van der Waals surface area (Å²) in [5.41, 5.74) is 0.568. The van der Waals surface area contributed by atoms with Gasteiger partial charge in [0, 0.05) is 30.4 Å². The number of ether oxygens (including phenoxy) is 1. The topological polar surface area (TPSA) is 81.4 Å². The maximum Gasteiger partial charge on any atom is 0.349 e. The molecule has 6 nitrogen and oxygen atoms in total. The Kier molecular flexibility index (Phi) is 4.79. The van der Waals surface area contributed by atoms with Crippen LogP contribution in [0.25, 0.3) is 11.0 Å². The van der Waals surface area contributed by atoms with Crippen molar-refractivity contribution in [3.63, 3.8) is 0 Å². The largest absolute Gasteiger partial charge is 0.491 e. The van der Waals surface area contributed by atoms with Gasteiger partial charge in [0.2, 0.25) is 0 Å². The van der Waals surface area contributed by atoms with E-state index in [0.29, 0.717) is 23.3 Å². The molecule has 2 heterocycles. The molecule has 0 bridgehead atoms. The van der Waals surface area contributed by atoms with Crippen LogP contribution in [0.5, 0.6) is 5.75 Å². The van der Waals surface area contributed by atoms with Crippen molar-refractivity contribution < 1.29 is 13.9 Å². The smallest absolute Gasteiger partial charge is 0.349 e. The van der Waals surface area contributed by atoms with Gasteiger partial charge in [0.15, 0.2) is 0 Å². The number of rotatable bonds is 5. The lowest BCUT2D eigenvalue weighted by atomic mass is 10.1. The highest BCUT2D eigenvalue weighted by atomic mass is 16.5. The minimum atomic E-state index is -0.679. The Bertz CT molecular complexity index is 949. The highest BCUT2D eigenvalue weighted by Crippen LogP contribution is 2.21. The van der Waals surface area contributed by atoms with Crippen molar-refractivity contribution >= 4 is 16.9 Å². The lowest BCUT2D eigenvalue weighted by Crippen LogP contribution is -2.27. The Morgan fingerprint density at radius 3 is 2.68 bits per heavy atom. The second-order valence-electron chi connectivity index (χ2n) is 5.85. The summed E-state index contributed by atoms with van der Waals surface area (Å²) in [6, 6.07) is 10.3. The van der Waals surface area contributed by atoms with E-state index in [-0.39, 0.29) is 11.7 Å². The summed E-state index contributed by atoms with van der Waals surface area (Å²) >= 11 is 0. The van der Waals surface area contributed by atoms with Crippen LogP contribution in [0, 0.1) is 0 Å². The summed E-state index contributed by atoms with van der Waals surface area (Å²) in [5, 5.41) is 3.36. The van der Waals surface area contributed by atoms with Crippen LogP contribution in [0.4, 0.5) is 0 Å². The van der Waals surface area contributed by atoms with Gasteiger partial charge in [0.25, 0.3) is 5.91 Å². The van der Waals surface area contributed by atoms with E-state index in [4.69, 9.17) is 9.15 Å². The number of carbonyl (C=O) groups is 1. The van der Waals surface area contributed by atoms with Gasteiger partial charge in [-0.15, -0.1) is 0 Å². The maximum absolute atomic E-state index is 12.3. The van der Waals surface area contributed by atoms with E-state index in [2.05, 4.69) is 10.3 Å². The highest BCUT2D eigenvalue weighted by Gasteiger charge is 2.14. The quantitative estimate of drug-likeness (QED) is 0.724. The van der Waals surface area contributed by atoms with E-state index < -0.39 is 11.5 Å². The van der Waals surface area contributed by atoms with Gasteiger partial charge in [-0.25, -0.2) is 4.79 Å². The van der Waals surface area contributed by atoms with Crippen LogP contribution in [-0.4, -0.2) is 17.0 Å². The molecule has 25 heavy (non-hydrogen) atoms. The molecular formula is C19H18N2O4. The van der Waals surface area contributed by atoms with Crippen LogP contribution in [0.2, 0.25) is 0 Å². The molecule has 3 aromatic rings. The van der Waals surface area contributed by atoms with E-state index in [9.17, 15) is 9.59 Å². The second kappa shape index (κ2) is 7.17. The fourth-order valence-electron chi connectivity index (χ4n) is 2.37. The van der Waals surface area contributed by atoms with Crippen molar-refractivity contribution in [3.05, 3.63) is 70.3 Å². The van der Waals surface area contributed by atoms with Crippen LogP contribution in [0.15, 0.2) is 58.0 Å². The molecule has 0 aliphatic carbocycles. The molecule has 0 radical (unpaired) electrons. The van der Waals surface area contributed by atoms with Crippen molar-refractivity contribution in [1.82, 2.24) is 10.3 Å². The van der Waals surface area contributed by atoms with Gasteiger partial charge in [-0.1, -0.05) is 0 Å². The molecule has 0 saturated carbocycles. The predicted octanol–water partition coefficient (Wildman–Crippen LogP) is 2.91. The number of fused-ring (bicyclic) bond motifs is 1. The van der Waals surface area contributed by atoms with E-state index in [1.54, 1.807) is 42.7 Å². The normalized spacial score (nSPS) is 10.8. The Balaban J connectivity index is 1.82. The Hall–Kier alpha value is -3.15. The molecule has 0 saturated heterocycles. The molecule has 3 rings (SSSR count). The Morgan fingerprint density at radius 1 is 1.20 bits per heavy atom. The molecule has 0 aliphatic rings. The van der Waals surface area contributed by atoms with Gasteiger partial charge in [-0.05, 0) is 49.7 Å². The first-order chi connectivity index (χ1) is 12.0. The second-order valence-corrected chi connectivity index (χ2v) is 5.85. The van der Waals surface area contributed by atoms with Crippen LogP contribution >= 0.6 is 0 Å². The minimum Gasteiger partial charge on any atom is -0.491 e. The van der Waals surface area contributed by atoms with Gasteiger partial charge in [-0.2, -0.15) is 0 Å². The van der Waals surface area contributed by atoms with Crippen molar-refractivity contribution in [2.45, 2.75) is 26.5 Å². The lowest BCUT2D eigenvalue weighted by molar-refractivity contribution is 0.0947. The average Bonchev–Trinajstić information content (AvgIpc) is 2.59. The molecule has 1 N–H and O–H groups in total. The standard InChI is InChI=1S/C19H18N2O4/c1-12(2)24-15-4-3-14-9-16(19(23)25-17(14)10-15)18(22)21-11-13-5-7-20-8-6-13/h3-10,12H,11H2,1-2H3,(H,21,22). The van der Waals surface area contributed by atoms with Crippen LogP contribution in [0.3, 0.4) is 0 Å². The first kappa shape index (κ1) is 16.7. The SMILES string of the molecule is CC(C)Oc1ccc2cc(C(=O)NCc3ccncc3)c(=O)oc2c1. The van der Waals surface area contributed by atoms with Gasteiger partial charge >= 0.3 is 5.63 Å². The van der Waals surface area contributed by atoms with Crippen molar-refractivity contribution in [2.24, 2.45) is 0 Å². The molecular weight excluding hydrogens is 320 g/mol. The minimum absolute atomic E-state index is 0.0161. The first-order valence-corrected chi connectivity index (χ1v) is 7.94. The number of benzene rings is 1. The molecule has 0 fully saturated rings. The summed E-state index contributed by atoms with van der Waals surface area (Å²) in [5.74, 6) is 0.135. The molecule has 1 amide bonds. The number of nitrogens with zero attached hydrogens (tertiary/aromatic N) is 1. The summed E-state index contributed by atoms with van der Waals surface area (Å²) < 4.78 is 10.9. The number of hydrogen-bond acceptors (Lipinski definition) is 5. The zero-order valence-electron chi connectivity index (χ0n) is 14.0. The van der Waals surface area contributed by atoms with Crippen molar-refractivity contribution in [1.29, 1.82) is 0 Å². The number of carbonyl (C=O) groups excluding carboxylic acids is 1. The molecule has 0 unspecified atom stereocenters. The monoisotopic (exact) mass is 338 g/mol. The fraction of sp³-hybridized carbons (Fsp3) is 0.211. The van der Waals surface area contributed by atoms with Gasteiger partial charge in [0.05, 0.1) is 6.10 Å². The third-order valence-corrected chi connectivity index (χ3v) is 3.53. The maximum atomic E-state index is 12.3. The number of hydrogen-bond donors (Lipinski definition) is 1. The molecule has 0 aliphatic heterocycles. The molecule has 6 heteroatoms. The molecule has 0 atom stereocenters. The predicted molar refractivity (Wildman–Crippen MR) is 93.7 cm³/mol. The van der Waals surface area contributed by atoms with Gasteiger partial charge in [-0.3, -0.25) is 9.78 Å². The van der Waals surface area contributed by atoms with Crippen LogP contribution < -0.4 is 15.7 Å². The van der Waals surface area contributed by atoms with E-state index >= 15 is 0 Å². The van der Waals surface area contributed by atoms with E-state index in [1.807, 2.05) is 13.8 Å². The number of aromatic nitrogens is 1. The van der Waals surface area contributed by atoms with Crippen LogP contribution in [0.1, 0.15) is 29.8 Å². The average molecular weight is 338 g/mol. The Morgan fingerprint density at radius 2 is 1.96 bits per heavy atom. The zero-order valence-corrected chi connectivity index (χ0v) is 14.0. The highest BCUT2D eigenvalue weighted by molar-refractivity contribution is 5.96. The third kappa shape index (κ3) is 4.03. The van der Waals surface area contributed by atoms with Crippen molar-refractivity contribution in [3.8, 4) is 5.75 Å². The first-order valence-electron chi connectivity index (χ1n) is 7.94. The van der Waals surface area contributed by atoms with Gasteiger partial charge in [0.1, 0.15) is 16.9 Å². The fourth-order valence-corrected chi connectivity index (χ4v) is 2.37. The molecule has 0 spiro atoms. The third-order valence-electron chi connectivity index (χ3n) is 3.53. The summed E-state index contributed by atoms with van der Waals surface area (Å²) in [4.78, 5) is 28.3.